The Morgan fingerprint density at radius 1 is 1.23 bits per heavy atom. The van der Waals surface area contributed by atoms with Crippen LogP contribution in [0, 0.1) is 5.92 Å². The van der Waals surface area contributed by atoms with Gasteiger partial charge in [-0.15, -0.1) is 0 Å². The Balaban J connectivity index is 1.60. The van der Waals surface area contributed by atoms with Crippen molar-refractivity contribution in [1.29, 1.82) is 0 Å². The van der Waals surface area contributed by atoms with Crippen LogP contribution in [0.4, 0.5) is 0 Å². The molecule has 26 heavy (non-hydrogen) atoms. The van der Waals surface area contributed by atoms with E-state index >= 15 is 0 Å². The van der Waals surface area contributed by atoms with Gasteiger partial charge < -0.3 is 15.6 Å². The third-order valence-electron chi connectivity index (χ3n) is 4.33. The highest BCUT2D eigenvalue weighted by atomic mass is 32.2. The van der Waals surface area contributed by atoms with Crippen LogP contribution in [-0.4, -0.2) is 21.4 Å². The van der Waals surface area contributed by atoms with Gasteiger partial charge in [-0.3, -0.25) is 4.79 Å². The first-order valence-electron chi connectivity index (χ1n) is 8.57. The second-order valence-electron chi connectivity index (χ2n) is 6.54. The summed E-state index contributed by atoms with van der Waals surface area (Å²) in [5.74, 6) is 0.00350. The maximum Gasteiger partial charge on any atom is 0.224 e. The zero-order chi connectivity index (χ0) is 18.1. The third kappa shape index (κ3) is 3.20. The summed E-state index contributed by atoms with van der Waals surface area (Å²) in [5.41, 5.74) is 4.97. The van der Waals surface area contributed by atoms with Crippen LogP contribution in [0.1, 0.15) is 19.4 Å². The quantitative estimate of drug-likeness (QED) is 0.656. The van der Waals surface area contributed by atoms with Gasteiger partial charge >= 0.3 is 0 Å². The largest absolute Gasteiger partial charge is 0.356 e. The lowest BCUT2D eigenvalue weighted by Crippen LogP contribution is -2.41. The van der Waals surface area contributed by atoms with E-state index in [1.807, 2.05) is 49.8 Å². The summed E-state index contributed by atoms with van der Waals surface area (Å²) in [6.07, 6.45) is 3.84. The van der Waals surface area contributed by atoms with Crippen molar-refractivity contribution >= 4 is 34.4 Å². The van der Waals surface area contributed by atoms with Crippen molar-refractivity contribution < 1.29 is 4.79 Å². The fraction of sp³-hybridized carbons (Fsp3) is 0.200. The minimum Gasteiger partial charge on any atom is -0.356 e. The molecule has 0 spiro atoms. The monoisotopic (exact) mass is 364 g/mol. The van der Waals surface area contributed by atoms with Crippen molar-refractivity contribution in [3.63, 3.8) is 0 Å². The van der Waals surface area contributed by atoms with Gasteiger partial charge in [-0.05, 0) is 17.0 Å². The average molecular weight is 364 g/mol. The molecule has 1 aliphatic rings. The lowest BCUT2D eigenvalue weighted by atomic mass is 10.1. The van der Waals surface area contributed by atoms with Gasteiger partial charge in [0.1, 0.15) is 5.65 Å². The molecule has 1 amide bonds. The molecule has 3 heterocycles. The van der Waals surface area contributed by atoms with Crippen molar-refractivity contribution in [3.8, 4) is 11.1 Å². The van der Waals surface area contributed by atoms with Crippen LogP contribution in [0.5, 0.6) is 0 Å². The van der Waals surface area contributed by atoms with E-state index in [2.05, 4.69) is 38.8 Å². The number of nitrogens with zero attached hydrogens (tertiary/aromatic N) is 1. The number of hydrogen-bond acceptors (Lipinski definition) is 4. The summed E-state index contributed by atoms with van der Waals surface area (Å²) in [6, 6.07) is 12.4. The lowest BCUT2D eigenvalue weighted by Gasteiger charge is -2.16. The zero-order valence-corrected chi connectivity index (χ0v) is 15.4. The van der Waals surface area contributed by atoms with Gasteiger partial charge in [-0.1, -0.05) is 55.9 Å². The number of fused-ring (bicyclic) bond motifs is 1. The number of H-pyrrole nitrogens is 1. The molecule has 0 radical (unpaired) electrons. The smallest absolute Gasteiger partial charge is 0.224 e. The van der Waals surface area contributed by atoms with Gasteiger partial charge in [0, 0.05) is 34.8 Å². The molecular formula is C20H20N4OS. The van der Waals surface area contributed by atoms with E-state index in [1.165, 1.54) is 0 Å². The highest BCUT2D eigenvalue weighted by Crippen LogP contribution is 2.32. The van der Waals surface area contributed by atoms with Gasteiger partial charge in [-0.2, -0.15) is 0 Å². The van der Waals surface area contributed by atoms with Crippen LogP contribution in [0.15, 0.2) is 54.2 Å². The molecule has 1 atom stereocenters. The number of aromatic amines is 1. The molecule has 3 N–H and O–H groups in total. The Morgan fingerprint density at radius 2 is 2.04 bits per heavy atom. The predicted octanol–water partition coefficient (Wildman–Crippen LogP) is 3.92. The van der Waals surface area contributed by atoms with E-state index in [1.54, 1.807) is 11.8 Å². The molecule has 2 aromatic heterocycles. The summed E-state index contributed by atoms with van der Waals surface area (Å²) in [7, 11) is 0. The van der Waals surface area contributed by atoms with Gasteiger partial charge in [0.15, 0.2) is 5.50 Å². The molecule has 0 bridgehead atoms. The van der Waals surface area contributed by atoms with E-state index in [4.69, 9.17) is 0 Å². The maximum atomic E-state index is 11.9. The second kappa shape index (κ2) is 6.88. The van der Waals surface area contributed by atoms with Crippen molar-refractivity contribution in [3.05, 3.63) is 59.8 Å². The van der Waals surface area contributed by atoms with Crippen LogP contribution < -0.4 is 10.6 Å². The molecule has 0 saturated carbocycles. The Labute approximate surface area is 156 Å². The number of carbonyl (C=O) groups is 1. The molecule has 132 valence electrons. The standard InChI is InChI=1S/C20H20N4OS/c1-12(2)19(25)24-20-23-17(11-26-20)16-10-22-18-15(16)8-14(9-21-18)13-6-4-3-5-7-13/h3-12,20,23H,1-2H3,(H,21,22)(H,24,25). The van der Waals surface area contributed by atoms with Crippen LogP contribution in [-0.2, 0) is 4.79 Å². The van der Waals surface area contributed by atoms with Crippen LogP contribution in [0.2, 0.25) is 0 Å². The first kappa shape index (κ1) is 16.7. The summed E-state index contributed by atoms with van der Waals surface area (Å²) < 4.78 is 0. The molecule has 6 heteroatoms. The minimum atomic E-state index is -0.143. The number of hydrogen-bond donors (Lipinski definition) is 3. The van der Waals surface area contributed by atoms with Crippen molar-refractivity contribution in [2.24, 2.45) is 5.92 Å². The summed E-state index contributed by atoms with van der Waals surface area (Å²) in [5, 5.41) is 9.47. The molecule has 3 aromatic rings. The van der Waals surface area contributed by atoms with Crippen molar-refractivity contribution in [1.82, 2.24) is 20.6 Å². The van der Waals surface area contributed by atoms with Gasteiger partial charge in [0.2, 0.25) is 5.91 Å². The molecule has 0 fully saturated rings. The van der Waals surface area contributed by atoms with Gasteiger partial charge in [0.05, 0.1) is 5.70 Å². The Hall–Kier alpha value is -2.73. The number of carbonyl (C=O) groups excluding carboxylic acids is 1. The third-order valence-corrected chi connectivity index (χ3v) is 5.21. The fourth-order valence-electron chi connectivity index (χ4n) is 2.87. The number of aromatic nitrogens is 2. The first-order valence-corrected chi connectivity index (χ1v) is 9.51. The average Bonchev–Trinajstić information content (AvgIpc) is 3.28. The SMILES string of the molecule is CC(C)C(=O)NC1NC(c2c[nH]c3ncc(-c4ccccc4)cc23)=CS1. The molecular weight excluding hydrogens is 344 g/mol. The second-order valence-corrected chi connectivity index (χ2v) is 7.52. The van der Waals surface area contributed by atoms with Crippen LogP contribution in [0.25, 0.3) is 27.9 Å². The number of pyridine rings is 1. The topological polar surface area (TPSA) is 69.8 Å². The molecule has 4 rings (SSSR count). The van der Waals surface area contributed by atoms with Crippen LogP contribution >= 0.6 is 11.8 Å². The van der Waals surface area contributed by atoms with Crippen LogP contribution in [0.3, 0.4) is 0 Å². The molecule has 5 nitrogen and oxygen atoms in total. The van der Waals surface area contributed by atoms with E-state index < -0.39 is 0 Å². The zero-order valence-electron chi connectivity index (χ0n) is 14.6. The summed E-state index contributed by atoms with van der Waals surface area (Å²) in [6.45, 7) is 3.78. The highest BCUT2D eigenvalue weighted by molar-refractivity contribution is 8.03. The van der Waals surface area contributed by atoms with E-state index in [-0.39, 0.29) is 17.3 Å². The summed E-state index contributed by atoms with van der Waals surface area (Å²) >= 11 is 1.56. The molecule has 1 aromatic carbocycles. The molecule has 1 unspecified atom stereocenters. The highest BCUT2D eigenvalue weighted by Gasteiger charge is 2.22. The Morgan fingerprint density at radius 3 is 2.81 bits per heavy atom. The number of thioether (sulfide) groups is 1. The maximum absolute atomic E-state index is 11.9. The van der Waals surface area contributed by atoms with Crippen molar-refractivity contribution in [2.75, 3.05) is 0 Å². The van der Waals surface area contributed by atoms with Crippen molar-refractivity contribution in [2.45, 2.75) is 19.3 Å². The van der Waals surface area contributed by atoms with E-state index in [0.29, 0.717) is 0 Å². The normalized spacial score (nSPS) is 16.6. The van der Waals surface area contributed by atoms with E-state index in [9.17, 15) is 4.79 Å². The molecule has 1 aliphatic heterocycles. The predicted molar refractivity (Wildman–Crippen MR) is 107 cm³/mol. The number of rotatable bonds is 4. The Bertz CT molecular complexity index is 978. The Kier molecular flexibility index (Phi) is 4.42. The molecule has 0 saturated heterocycles. The van der Waals surface area contributed by atoms with Gasteiger partial charge in [0.25, 0.3) is 0 Å². The summed E-state index contributed by atoms with van der Waals surface area (Å²) in [4.78, 5) is 19.7. The number of nitrogens with one attached hydrogen (secondary N) is 3. The minimum absolute atomic E-state index is 0.0350. The fourth-order valence-corrected chi connectivity index (χ4v) is 3.71. The number of amides is 1. The van der Waals surface area contributed by atoms with E-state index in [0.717, 1.165) is 33.4 Å². The molecule has 0 aliphatic carbocycles. The lowest BCUT2D eigenvalue weighted by molar-refractivity contribution is -0.124. The van der Waals surface area contributed by atoms with Gasteiger partial charge in [-0.25, -0.2) is 4.98 Å². The number of benzene rings is 1. The first-order chi connectivity index (χ1) is 12.6.